The van der Waals surface area contributed by atoms with Crippen molar-refractivity contribution in [3.8, 4) is 0 Å². The molecule has 2 rings (SSSR count). The first-order valence-corrected chi connectivity index (χ1v) is 7.53. The van der Waals surface area contributed by atoms with Gasteiger partial charge in [0.15, 0.2) is 0 Å². The first kappa shape index (κ1) is 13.4. The van der Waals surface area contributed by atoms with Crippen LogP contribution in [0.3, 0.4) is 0 Å². The molecule has 0 radical (unpaired) electrons. The lowest BCUT2D eigenvalue weighted by Crippen LogP contribution is -2.54. The largest absolute Gasteiger partial charge is 0.332 e. The van der Waals surface area contributed by atoms with E-state index in [0.29, 0.717) is 12.5 Å². The number of amides is 1. The summed E-state index contributed by atoms with van der Waals surface area (Å²) >= 11 is 1.74. The molecule has 3 nitrogen and oxygen atoms in total. The summed E-state index contributed by atoms with van der Waals surface area (Å²) < 4.78 is 0. The number of nitrogens with one attached hydrogen (secondary N) is 2. The fourth-order valence-electron chi connectivity index (χ4n) is 2.12. The Bertz CT molecular complexity index is 383. The standard InChI is InChI=1S/C14H20N2OS/c1-2-6-12-9-13(17)16-14(15-12)18-10-11-7-4-3-5-8-11/h3-5,7-8,12,14-15H,2,6,9-10H2,1H3,(H,16,17). The van der Waals surface area contributed by atoms with Crippen LogP contribution in [0, 0.1) is 0 Å². The van der Waals surface area contributed by atoms with E-state index in [4.69, 9.17) is 0 Å². The van der Waals surface area contributed by atoms with E-state index in [0.717, 1.165) is 18.6 Å². The van der Waals surface area contributed by atoms with Crippen LogP contribution in [0.1, 0.15) is 31.7 Å². The molecule has 0 bridgehead atoms. The molecule has 2 N–H and O–H groups in total. The van der Waals surface area contributed by atoms with Crippen molar-refractivity contribution >= 4 is 17.7 Å². The van der Waals surface area contributed by atoms with E-state index in [1.165, 1.54) is 5.56 Å². The summed E-state index contributed by atoms with van der Waals surface area (Å²) in [4.78, 5) is 11.6. The lowest BCUT2D eigenvalue weighted by Gasteiger charge is -2.31. The van der Waals surface area contributed by atoms with Gasteiger partial charge in [-0.2, -0.15) is 0 Å². The smallest absolute Gasteiger partial charge is 0.223 e. The molecule has 1 aliphatic rings. The summed E-state index contributed by atoms with van der Waals surface area (Å²) in [7, 11) is 0. The molecule has 1 heterocycles. The van der Waals surface area contributed by atoms with Crippen molar-refractivity contribution in [3.63, 3.8) is 0 Å². The van der Waals surface area contributed by atoms with Crippen molar-refractivity contribution in [1.82, 2.24) is 10.6 Å². The molecule has 0 aromatic heterocycles. The number of hydrogen-bond donors (Lipinski definition) is 2. The van der Waals surface area contributed by atoms with E-state index < -0.39 is 0 Å². The molecule has 18 heavy (non-hydrogen) atoms. The van der Waals surface area contributed by atoms with Gasteiger partial charge in [0.2, 0.25) is 5.91 Å². The van der Waals surface area contributed by atoms with Crippen LogP contribution < -0.4 is 10.6 Å². The van der Waals surface area contributed by atoms with Crippen molar-refractivity contribution in [2.75, 3.05) is 0 Å². The third-order valence-corrected chi connectivity index (χ3v) is 4.09. The van der Waals surface area contributed by atoms with Crippen molar-refractivity contribution in [2.45, 2.75) is 43.5 Å². The van der Waals surface area contributed by atoms with Gasteiger partial charge in [0.1, 0.15) is 5.50 Å². The van der Waals surface area contributed by atoms with E-state index in [1.807, 2.05) is 18.2 Å². The highest BCUT2D eigenvalue weighted by molar-refractivity contribution is 7.99. The maximum Gasteiger partial charge on any atom is 0.223 e. The van der Waals surface area contributed by atoms with Gasteiger partial charge < -0.3 is 5.32 Å². The Hall–Kier alpha value is -1.00. The Kier molecular flexibility index (Phi) is 5.08. The van der Waals surface area contributed by atoms with Gasteiger partial charge in [0, 0.05) is 18.2 Å². The highest BCUT2D eigenvalue weighted by Crippen LogP contribution is 2.19. The van der Waals surface area contributed by atoms with Gasteiger partial charge in [0.25, 0.3) is 0 Å². The molecule has 4 heteroatoms. The Balaban J connectivity index is 1.83. The van der Waals surface area contributed by atoms with Gasteiger partial charge in [-0.25, -0.2) is 0 Å². The van der Waals surface area contributed by atoms with E-state index >= 15 is 0 Å². The van der Waals surface area contributed by atoms with Crippen LogP contribution in [0.2, 0.25) is 0 Å². The predicted octanol–water partition coefficient (Wildman–Crippen LogP) is 2.48. The zero-order chi connectivity index (χ0) is 12.8. The second kappa shape index (κ2) is 6.81. The molecule has 1 saturated heterocycles. The number of hydrogen-bond acceptors (Lipinski definition) is 3. The molecule has 98 valence electrons. The molecule has 0 spiro atoms. The first-order chi connectivity index (χ1) is 8.78. The van der Waals surface area contributed by atoms with Gasteiger partial charge in [-0.1, -0.05) is 43.7 Å². The van der Waals surface area contributed by atoms with Gasteiger partial charge in [-0.15, -0.1) is 11.8 Å². The highest BCUT2D eigenvalue weighted by atomic mass is 32.2. The van der Waals surface area contributed by atoms with Crippen molar-refractivity contribution in [2.24, 2.45) is 0 Å². The minimum Gasteiger partial charge on any atom is -0.332 e. The molecule has 2 unspecified atom stereocenters. The van der Waals surface area contributed by atoms with Gasteiger partial charge in [-0.3, -0.25) is 10.1 Å². The Morgan fingerprint density at radius 2 is 2.11 bits per heavy atom. The lowest BCUT2D eigenvalue weighted by atomic mass is 10.1. The molecule has 0 aliphatic carbocycles. The van der Waals surface area contributed by atoms with Crippen LogP contribution in [-0.2, 0) is 10.5 Å². The van der Waals surface area contributed by atoms with Crippen molar-refractivity contribution in [1.29, 1.82) is 0 Å². The van der Waals surface area contributed by atoms with E-state index in [2.05, 4.69) is 29.7 Å². The van der Waals surface area contributed by atoms with Crippen LogP contribution >= 0.6 is 11.8 Å². The van der Waals surface area contributed by atoms with Crippen molar-refractivity contribution in [3.05, 3.63) is 35.9 Å². The lowest BCUT2D eigenvalue weighted by molar-refractivity contribution is -0.123. The molecule has 2 atom stereocenters. The summed E-state index contributed by atoms with van der Waals surface area (Å²) in [5.41, 5.74) is 1.33. The van der Waals surface area contributed by atoms with Gasteiger partial charge >= 0.3 is 0 Å². The topological polar surface area (TPSA) is 41.1 Å². The van der Waals surface area contributed by atoms with Crippen LogP contribution in [0.5, 0.6) is 0 Å². The third kappa shape index (κ3) is 4.03. The molecular weight excluding hydrogens is 244 g/mol. The predicted molar refractivity (Wildman–Crippen MR) is 76.1 cm³/mol. The van der Waals surface area contributed by atoms with E-state index in [1.54, 1.807) is 11.8 Å². The summed E-state index contributed by atoms with van der Waals surface area (Å²) in [5.74, 6) is 1.08. The molecule has 0 saturated carbocycles. The minimum atomic E-state index is 0.0445. The number of carbonyl (C=O) groups excluding carboxylic acids is 1. The maximum atomic E-state index is 11.6. The molecular formula is C14H20N2OS. The molecule has 1 fully saturated rings. The van der Waals surface area contributed by atoms with E-state index in [9.17, 15) is 4.79 Å². The monoisotopic (exact) mass is 264 g/mol. The molecule has 1 amide bonds. The maximum absolute atomic E-state index is 11.6. The normalized spacial score (nSPS) is 23.7. The third-order valence-electron chi connectivity index (χ3n) is 3.01. The number of thioether (sulfide) groups is 1. The fourth-order valence-corrected chi connectivity index (χ4v) is 3.18. The van der Waals surface area contributed by atoms with Gasteiger partial charge in [-0.05, 0) is 12.0 Å². The SMILES string of the molecule is CCCC1CC(=O)NC(SCc2ccccc2)N1. The second-order valence-corrected chi connectivity index (χ2v) is 5.69. The molecule has 1 aromatic rings. The highest BCUT2D eigenvalue weighted by Gasteiger charge is 2.24. The quantitative estimate of drug-likeness (QED) is 0.858. The van der Waals surface area contributed by atoms with E-state index in [-0.39, 0.29) is 11.4 Å². The zero-order valence-electron chi connectivity index (χ0n) is 10.7. The van der Waals surface area contributed by atoms with Gasteiger partial charge in [0.05, 0.1) is 0 Å². The number of benzene rings is 1. The number of carbonyl (C=O) groups is 1. The van der Waals surface area contributed by atoms with Crippen LogP contribution in [0.15, 0.2) is 30.3 Å². The average molecular weight is 264 g/mol. The van der Waals surface area contributed by atoms with Crippen LogP contribution in [0.25, 0.3) is 0 Å². The van der Waals surface area contributed by atoms with Crippen LogP contribution in [-0.4, -0.2) is 17.4 Å². The number of rotatable bonds is 5. The molecule has 1 aliphatic heterocycles. The fraction of sp³-hybridized carbons (Fsp3) is 0.500. The first-order valence-electron chi connectivity index (χ1n) is 6.49. The summed E-state index contributed by atoms with van der Waals surface area (Å²) in [5, 5.41) is 6.47. The summed E-state index contributed by atoms with van der Waals surface area (Å²) in [6.07, 6.45) is 2.78. The zero-order valence-corrected chi connectivity index (χ0v) is 11.5. The van der Waals surface area contributed by atoms with Crippen molar-refractivity contribution < 1.29 is 4.79 Å². The average Bonchev–Trinajstić information content (AvgIpc) is 2.37. The Morgan fingerprint density at radius 3 is 2.83 bits per heavy atom. The Labute approximate surface area is 113 Å². The minimum absolute atomic E-state index is 0.0445. The molecule has 1 aromatic carbocycles. The van der Waals surface area contributed by atoms with Crippen LogP contribution in [0.4, 0.5) is 0 Å². The Morgan fingerprint density at radius 1 is 1.33 bits per heavy atom. The summed E-state index contributed by atoms with van der Waals surface area (Å²) in [6, 6.07) is 10.7. The second-order valence-electron chi connectivity index (χ2n) is 4.60. The summed E-state index contributed by atoms with van der Waals surface area (Å²) in [6.45, 7) is 2.15.